The minimum Gasteiger partial charge on any atom is -0.344 e. The lowest BCUT2D eigenvalue weighted by Crippen LogP contribution is -2.21. The zero-order chi connectivity index (χ0) is 15.6. The van der Waals surface area contributed by atoms with Crippen LogP contribution in [0.4, 0.5) is 11.4 Å². The maximum Gasteiger partial charge on any atom is 0.227 e. The minimum atomic E-state index is 0.181. The van der Waals surface area contributed by atoms with Crippen LogP contribution in [0.1, 0.15) is 25.7 Å². The van der Waals surface area contributed by atoms with E-state index in [1.54, 1.807) is 0 Å². The van der Waals surface area contributed by atoms with E-state index >= 15 is 0 Å². The van der Waals surface area contributed by atoms with Crippen LogP contribution in [-0.2, 0) is 4.79 Å². The van der Waals surface area contributed by atoms with Crippen LogP contribution in [0.5, 0.6) is 0 Å². The van der Waals surface area contributed by atoms with Gasteiger partial charge in [0.1, 0.15) is 0 Å². The van der Waals surface area contributed by atoms with Crippen LogP contribution in [0.2, 0.25) is 0 Å². The molecule has 0 spiro atoms. The Kier molecular flexibility index (Phi) is 3.92. The van der Waals surface area contributed by atoms with Gasteiger partial charge in [-0.3, -0.25) is 4.79 Å². The van der Waals surface area contributed by atoms with E-state index in [0.29, 0.717) is 0 Å². The van der Waals surface area contributed by atoms with Crippen molar-refractivity contribution in [2.45, 2.75) is 25.7 Å². The van der Waals surface area contributed by atoms with Crippen molar-refractivity contribution in [1.82, 2.24) is 5.32 Å². The van der Waals surface area contributed by atoms with E-state index in [9.17, 15) is 4.79 Å². The number of nitrogens with one attached hydrogen (secondary N) is 2. The normalized spacial score (nSPS) is 21.0. The number of benzene rings is 1. The third-order valence-corrected chi connectivity index (χ3v) is 5.08. The highest BCUT2D eigenvalue weighted by Gasteiger charge is 2.22. The number of nitrogens with zero attached hydrogens (tertiary/aromatic N) is 1. The number of hydrogen-bond donors (Lipinski definition) is 2. The number of hydrogen-bond acceptors (Lipinski definition) is 3. The number of carbonyl (C=O) groups is 1. The van der Waals surface area contributed by atoms with Crippen molar-refractivity contribution in [2.24, 2.45) is 5.92 Å². The van der Waals surface area contributed by atoms with E-state index in [0.717, 1.165) is 38.2 Å². The molecule has 0 bridgehead atoms. The van der Waals surface area contributed by atoms with Crippen LogP contribution < -0.4 is 15.5 Å². The SMILES string of the molecule is O=C(Nc1ccc(N2C=C3CNCC3=CC2)cc1)C1CCCC1. The third kappa shape index (κ3) is 3.04. The number of carbonyl (C=O) groups excluding carboxylic acids is 1. The molecule has 4 rings (SSSR count). The summed E-state index contributed by atoms with van der Waals surface area (Å²) in [5.74, 6) is 0.389. The van der Waals surface area contributed by atoms with Gasteiger partial charge in [-0.25, -0.2) is 0 Å². The first-order chi connectivity index (χ1) is 11.3. The Morgan fingerprint density at radius 2 is 1.83 bits per heavy atom. The molecule has 1 aromatic carbocycles. The lowest BCUT2D eigenvalue weighted by atomic mass is 10.1. The topological polar surface area (TPSA) is 44.4 Å². The second-order valence-corrected chi connectivity index (χ2v) is 6.66. The van der Waals surface area contributed by atoms with Gasteiger partial charge >= 0.3 is 0 Å². The monoisotopic (exact) mass is 309 g/mol. The van der Waals surface area contributed by atoms with Crippen molar-refractivity contribution < 1.29 is 4.79 Å². The second kappa shape index (κ2) is 6.20. The van der Waals surface area contributed by atoms with Crippen LogP contribution in [0.25, 0.3) is 0 Å². The molecule has 120 valence electrons. The van der Waals surface area contributed by atoms with Crippen molar-refractivity contribution in [3.8, 4) is 0 Å². The zero-order valence-electron chi connectivity index (χ0n) is 13.3. The highest BCUT2D eigenvalue weighted by atomic mass is 16.1. The molecule has 2 heterocycles. The molecular formula is C19H23N3O. The van der Waals surface area contributed by atoms with Crippen LogP contribution in [0.3, 0.4) is 0 Å². The Bertz CT molecular complexity index is 654. The average molecular weight is 309 g/mol. The second-order valence-electron chi connectivity index (χ2n) is 6.66. The minimum absolute atomic E-state index is 0.181. The van der Waals surface area contributed by atoms with Gasteiger partial charge in [0.05, 0.1) is 0 Å². The van der Waals surface area contributed by atoms with Gasteiger partial charge < -0.3 is 15.5 Å². The summed E-state index contributed by atoms with van der Waals surface area (Å²) in [5.41, 5.74) is 4.88. The molecule has 1 amide bonds. The van der Waals surface area contributed by atoms with Gasteiger partial charge in [0.25, 0.3) is 0 Å². The molecule has 0 radical (unpaired) electrons. The van der Waals surface area contributed by atoms with Crippen molar-refractivity contribution in [1.29, 1.82) is 0 Å². The molecule has 0 unspecified atom stereocenters. The highest BCUT2D eigenvalue weighted by molar-refractivity contribution is 5.92. The van der Waals surface area contributed by atoms with Gasteiger partial charge in [-0.05, 0) is 48.3 Å². The fraction of sp³-hybridized carbons (Fsp3) is 0.421. The van der Waals surface area contributed by atoms with Gasteiger partial charge in [0.15, 0.2) is 0 Å². The molecule has 2 aliphatic heterocycles. The summed E-state index contributed by atoms with van der Waals surface area (Å²) >= 11 is 0. The summed E-state index contributed by atoms with van der Waals surface area (Å²) in [6.07, 6.45) is 8.98. The summed E-state index contributed by atoms with van der Waals surface area (Å²) in [5, 5.41) is 6.44. The van der Waals surface area contributed by atoms with Gasteiger partial charge in [-0.15, -0.1) is 0 Å². The highest BCUT2D eigenvalue weighted by Crippen LogP contribution is 2.28. The van der Waals surface area contributed by atoms with Crippen LogP contribution >= 0.6 is 0 Å². The molecule has 0 atom stereocenters. The van der Waals surface area contributed by atoms with E-state index in [2.05, 4.69) is 39.9 Å². The first-order valence-electron chi connectivity index (χ1n) is 8.58. The van der Waals surface area contributed by atoms with E-state index in [1.807, 2.05) is 12.1 Å². The fourth-order valence-corrected chi connectivity index (χ4v) is 3.69. The smallest absolute Gasteiger partial charge is 0.227 e. The predicted octanol–water partition coefficient (Wildman–Crippen LogP) is 3.05. The molecule has 1 aromatic rings. The maximum atomic E-state index is 12.2. The predicted molar refractivity (Wildman–Crippen MR) is 93.4 cm³/mol. The molecule has 0 aromatic heterocycles. The third-order valence-electron chi connectivity index (χ3n) is 5.08. The Hall–Kier alpha value is -2.07. The molecule has 1 aliphatic carbocycles. The van der Waals surface area contributed by atoms with Crippen LogP contribution in [0, 0.1) is 5.92 Å². The molecule has 23 heavy (non-hydrogen) atoms. The Morgan fingerprint density at radius 1 is 1.09 bits per heavy atom. The quantitative estimate of drug-likeness (QED) is 0.902. The molecule has 4 nitrogen and oxygen atoms in total. The first kappa shape index (κ1) is 14.5. The molecule has 1 saturated carbocycles. The maximum absolute atomic E-state index is 12.2. The average Bonchev–Trinajstić information content (AvgIpc) is 3.26. The first-order valence-corrected chi connectivity index (χ1v) is 8.58. The molecule has 4 heteroatoms. The van der Waals surface area contributed by atoms with Gasteiger partial charge in [0, 0.05) is 43.1 Å². The zero-order valence-corrected chi connectivity index (χ0v) is 13.3. The van der Waals surface area contributed by atoms with Crippen LogP contribution in [-0.4, -0.2) is 25.5 Å². The summed E-state index contributed by atoms with van der Waals surface area (Å²) in [6, 6.07) is 8.19. The fourth-order valence-electron chi connectivity index (χ4n) is 3.69. The summed E-state index contributed by atoms with van der Waals surface area (Å²) in [4.78, 5) is 14.4. The summed E-state index contributed by atoms with van der Waals surface area (Å²) < 4.78 is 0. The van der Waals surface area contributed by atoms with E-state index in [1.165, 1.54) is 29.7 Å². The number of rotatable bonds is 3. The molecule has 3 aliphatic rings. The van der Waals surface area contributed by atoms with Crippen LogP contribution in [0.15, 0.2) is 47.7 Å². The largest absolute Gasteiger partial charge is 0.344 e. The van der Waals surface area contributed by atoms with Crippen molar-refractivity contribution in [3.63, 3.8) is 0 Å². The molecule has 2 fully saturated rings. The Balaban J connectivity index is 1.42. The van der Waals surface area contributed by atoms with E-state index in [-0.39, 0.29) is 11.8 Å². The Morgan fingerprint density at radius 3 is 2.61 bits per heavy atom. The number of fused-ring (bicyclic) bond motifs is 1. The van der Waals surface area contributed by atoms with Gasteiger partial charge in [-0.2, -0.15) is 0 Å². The Labute approximate surface area is 137 Å². The van der Waals surface area contributed by atoms with Crippen molar-refractivity contribution in [2.75, 3.05) is 29.9 Å². The molecular weight excluding hydrogens is 286 g/mol. The lowest BCUT2D eigenvalue weighted by molar-refractivity contribution is -0.119. The van der Waals surface area contributed by atoms with Gasteiger partial charge in [0.2, 0.25) is 5.91 Å². The lowest BCUT2D eigenvalue weighted by Gasteiger charge is -2.24. The number of amides is 1. The van der Waals surface area contributed by atoms with E-state index in [4.69, 9.17) is 0 Å². The molecule has 1 saturated heterocycles. The number of anilines is 2. The van der Waals surface area contributed by atoms with Crippen molar-refractivity contribution in [3.05, 3.63) is 47.7 Å². The standard InChI is InChI=1S/C19H23N3O/c23-19(14-3-1-2-4-14)21-17-5-7-18(8-6-17)22-10-9-15-11-20-12-16(15)13-22/h5-9,13-14,20H,1-4,10-12H2,(H,21,23). The van der Waals surface area contributed by atoms with Crippen molar-refractivity contribution >= 4 is 17.3 Å². The van der Waals surface area contributed by atoms with E-state index < -0.39 is 0 Å². The molecule has 2 N–H and O–H groups in total. The van der Waals surface area contributed by atoms with Gasteiger partial charge in [-0.1, -0.05) is 18.9 Å². The summed E-state index contributed by atoms with van der Waals surface area (Å²) in [7, 11) is 0. The summed E-state index contributed by atoms with van der Waals surface area (Å²) in [6.45, 7) is 2.86.